The summed E-state index contributed by atoms with van der Waals surface area (Å²) in [6, 6.07) is 3.46. The molecule has 24 heavy (non-hydrogen) atoms. The van der Waals surface area contributed by atoms with Crippen LogP contribution in [0.1, 0.15) is 19.8 Å². The van der Waals surface area contributed by atoms with Crippen molar-refractivity contribution in [1.82, 2.24) is 0 Å². The van der Waals surface area contributed by atoms with E-state index in [2.05, 4.69) is 11.7 Å². The van der Waals surface area contributed by atoms with Gasteiger partial charge in [0.1, 0.15) is 5.41 Å². The minimum atomic E-state index is -4.54. The predicted molar refractivity (Wildman–Crippen MR) is 79.3 cm³/mol. The summed E-state index contributed by atoms with van der Waals surface area (Å²) in [5, 5.41) is 18.5. The van der Waals surface area contributed by atoms with Crippen LogP contribution < -0.4 is 0 Å². The third-order valence-electron chi connectivity index (χ3n) is 3.99. The molecule has 0 amide bonds. The van der Waals surface area contributed by atoms with E-state index in [1.165, 1.54) is 0 Å². The number of methoxy groups -OCH3 is 1. The number of esters is 1. The van der Waals surface area contributed by atoms with Gasteiger partial charge in [0.05, 0.1) is 24.9 Å². The predicted octanol–water partition coefficient (Wildman–Crippen LogP) is 3.31. The monoisotopic (exact) mass is 339 g/mol. The zero-order valence-corrected chi connectivity index (χ0v) is 13.2. The van der Waals surface area contributed by atoms with Crippen LogP contribution in [0.4, 0.5) is 13.2 Å². The lowest BCUT2D eigenvalue weighted by atomic mass is 9.69. The minimum absolute atomic E-state index is 0.173. The van der Waals surface area contributed by atoms with E-state index >= 15 is 0 Å². The summed E-state index contributed by atoms with van der Waals surface area (Å²) >= 11 is 0. The standard InChI is InChI=1S/C16H16F3N3O2/c1-10(16(17,18)19)4-7-13(22-2)15(11-5-6-11,14(23)24-3)12(8-20)9-21/h4,7,11-12H,2,5-6H2,1,3H3/b10-4+,13-7-. The lowest BCUT2D eigenvalue weighted by Gasteiger charge is -2.32. The maximum Gasteiger partial charge on any atom is 0.412 e. The van der Waals surface area contributed by atoms with Crippen LogP contribution in [-0.2, 0) is 9.53 Å². The molecule has 1 unspecified atom stereocenters. The van der Waals surface area contributed by atoms with E-state index in [1.807, 2.05) is 0 Å². The SMILES string of the molecule is C=N/C(=C\C=C(/C)C(F)(F)F)C(C(=O)OC)(C(C#N)C#N)C1CC1. The van der Waals surface area contributed by atoms with Gasteiger partial charge >= 0.3 is 12.1 Å². The van der Waals surface area contributed by atoms with E-state index in [0.717, 1.165) is 26.2 Å². The minimum Gasteiger partial charge on any atom is -0.468 e. The van der Waals surface area contributed by atoms with Crippen molar-refractivity contribution in [2.45, 2.75) is 25.9 Å². The van der Waals surface area contributed by atoms with Crippen LogP contribution >= 0.6 is 0 Å². The lowest BCUT2D eigenvalue weighted by Crippen LogP contribution is -2.42. The number of hydrogen-bond acceptors (Lipinski definition) is 5. The quantitative estimate of drug-likeness (QED) is 0.422. The Morgan fingerprint density at radius 1 is 1.33 bits per heavy atom. The van der Waals surface area contributed by atoms with Crippen molar-refractivity contribution in [3.63, 3.8) is 0 Å². The molecular weight excluding hydrogens is 323 g/mol. The molecule has 1 saturated carbocycles. The first kappa shape index (κ1) is 19.4. The number of alkyl halides is 3. The molecule has 0 aliphatic heterocycles. The number of aliphatic imine (C=N–C) groups is 1. The van der Waals surface area contributed by atoms with Crippen LogP contribution in [0.3, 0.4) is 0 Å². The van der Waals surface area contributed by atoms with Crippen molar-refractivity contribution >= 4 is 12.7 Å². The zero-order chi connectivity index (χ0) is 18.5. The van der Waals surface area contributed by atoms with Gasteiger partial charge in [-0.2, -0.15) is 23.7 Å². The summed E-state index contributed by atoms with van der Waals surface area (Å²) in [6.07, 6.45) is -1.75. The van der Waals surface area contributed by atoms with Crippen LogP contribution in [0.15, 0.2) is 28.4 Å². The summed E-state index contributed by atoms with van der Waals surface area (Å²) in [5.41, 5.74) is -2.83. The van der Waals surface area contributed by atoms with Crippen LogP contribution in [-0.4, -0.2) is 26.0 Å². The summed E-state index contributed by atoms with van der Waals surface area (Å²) in [6.45, 7) is 4.15. The first-order valence-corrected chi connectivity index (χ1v) is 7.00. The van der Waals surface area contributed by atoms with Crippen molar-refractivity contribution in [1.29, 1.82) is 10.5 Å². The van der Waals surface area contributed by atoms with Gasteiger partial charge in [-0.15, -0.1) is 0 Å². The normalized spacial score (nSPS) is 18.3. The Labute approximate surface area is 137 Å². The number of rotatable bonds is 6. The third-order valence-corrected chi connectivity index (χ3v) is 3.99. The van der Waals surface area contributed by atoms with Crippen LogP contribution in [0.2, 0.25) is 0 Å². The molecule has 0 aromatic heterocycles. The summed E-state index contributed by atoms with van der Waals surface area (Å²) < 4.78 is 42.7. The second-order valence-electron chi connectivity index (χ2n) is 5.38. The molecule has 1 aliphatic rings. The van der Waals surface area contributed by atoms with Gasteiger partial charge in [0.2, 0.25) is 0 Å². The lowest BCUT2D eigenvalue weighted by molar-refractivity contribution is -0.153. The molecule has 128 valence electrons. The van der Waals surface area contributed by atoms with E-state index in [-0.39, 0.29) is 5.70 Å². The Balaban J connectivity index is 3.57. The number of nitriles is 2. The van der Waals surface area contributed by atoms with E-state index in [4.69, 9.17) is 4.74 Å². The Morgan fingerprint density at radius 2 is 1.88 bits per heavy atom. The van der Waals surface area contributed by atoms with Gasteiger partial charge in [0.25, 0.3) is 0 Å². The molecule has 0 bridgehead atoms. The number of carbonyl (C=O) groups excluding carboxylic acids is 1. The smallest absolute Gasteiger partial charge is 0.412 e. The average Bonchev–Trinajstić information content (AvgIpc) is 3.37. The summed E-state index contributed by atoms with van der Waals surface area (Å²) in [7, 11) is 1.09. The fourth-order valence-corrected chi connectivity index (χ4v) is 2.54. The molecule has 0 heterocycles. The first-order chi connectivity index (χ1) is 11.2. The highest BCUT2D eigenvalue weighted by Gasteiger charge is 2.60. The molecule has 0 radical (unpaired) electrons. The third kappa shape index (κ3) is 3.48. The number of nitrogens with zero attached hydrogens (tertiary/aromatic N) is 3. The van der Waals surface area contributed by atoms with Crippen molar-refractivity contribution in [2.24, 2.45) is 22.2 Å². The highest BCUT2D eigenvalue weighted by molar-refractivity contribution is 5.83. The molecule has 0 aromatic carbocycles. The van der Waals surface area contributed by atoms with Crippen molar-refractivity contribution < 1.29 is 22.7 Å². The summed E-state index contributed by atoms with van der Waals surface area (Å²) in [5.74, 6) is -2.74. The Morgan fingerprint density at radius 3 is 2.21 bits per heavy atom. The zero-order valence-electron chi connectivity index (χ0n) is 13.2. The maximum atomic E-state index is 12.6. The topological polar surface area (TPSA) is 86.2 Å². The molecule has 8 heteroatoms. The van der Waals surface area contributed by atoms with Gasteiger partial charge in [-0.1, -0.05) is 6.08 Å². The molecular formula is C16H16F3N3O2. The number of halogens is 3. The molecule has 0 spiro atoms. The number of ether oxygens (including phenoxy) is 1. The molecule has 0 aromatic rings. The van der Waals surface area contributed by atoms with Gasteiger partial charge in [-0.3, -0.25) is 9.79 Å². The molecule has 1 atom stereocenters. The van der Waals surface area contributed by atoms with Gasteiger partial charge in [0, 0.05) is 5.57 Å². The largest absolute Gasteiger partial charge is 0.468 e. The summed E-state index contributed by atoms with van der Waals surface area (Å²) in [4.78, 5) is 16.1. The average molecular weight is 339 g/mol. The van der Waals surface area contributed by atoms with Crippen LogP contribution in [0.5, 0.6) is 0 Å². The van der Waals surface area contributed by atoms with Gasteiger partial charge in [-0.05, 0) is 38.5 Å². The highest BCUT2D eigenvalue weighted by Crippen LogP contribution is 2.55. The van der Waals surface area contributed by atoms with Crippen molar-refractivity contribution in [2.75, 3.05) is 7.11 Å². The number of allylic oxidation sites excluding steroid dienone is 3. The van der Waals surface area contributed by atoms with Crippen molar-refractivity contribution in [3.05, 3.63) is 23.4 Å². The Hall–Kier alpha value is -2.61. The van der Waals surface area contributed by atoms with Gasteiger partial charge < -0.3 is 4.74 Å². The van der Waals surface area contributed by atoms with Crippen LogP contribution in [0, 0.1) is 39.9 Å². The van der Waals surface area contributed by atoms with E-state index in [0.29, 0.717) is 12.8 Å². The second-order valence-corrected chi connectivity index (χ2v) is 5.38. The number of carbonyl (C=O) groups is 1. The van der Waals surface area contributed by atoms with Crippen molar-refractivity contribution in [3.8, 4) is 12.1 Å². The molecule has 0 N–H and O–H groups in total. The van der Waals surface area contributed by atoms with E-state index in [9.17, 15) is 28.5 Å². The first-order valence-electron chi connectivity index (χ1n) is 7.00. The maximum absolute atomic E-state index is 12.6. The van der Waals surface area contributed by atoms with E-state index in [1.54, 1.807) is 12.1 Å². The molecule has 5 nitrogen and oxygen atoms in total. The van der Waals surface area contributed by atoms with Crippen LogP contribution in [0.25, 0.3) is 0 Å². The molecule has 0 saturated heterocycles. The second kappa shape index (κ2) is 7.31. The molecule has 1 rings (SSSR count). The number of hydrogen-bond donors (Lipinski definition) is 0. The molecule has 1 fully saturated rings. The van der Waals surface area contributed by atoms with Gasteiger partial charge in [0.15, 0.2) is 5.92 Å². The van der Waals surface area contributed by atoms with E-state index < -0.39 is 35.0 Å². The Kier molecular flexibility index (Phi) is 5.92. The Bertz CT molecular complexity index is 650. The fraction of sp³-hybridized carbons (Fsp3) is 0.500. The molecule has 1 aliphatic carbocycles. The van der Waals surface area contributed by atoms with Gasteiger partial charge in [-0.25, -0.2) is 0 Å². The fourth-order valence-electron chi connectivity index (χ4n) is 2.54. The highest BCUT2D eigenvalue weighted by atomic mass is 19.4.